The van der Waals surface area contributed by atoms with E-state index in [-0.39, 0.29) is 27.1 Å². The highest BCUT2D eigenvalue weighted by atomic mass is 35.5. The molecule has 1 rings (SSSR count). The molecule has 1 aromatic rings. The lowest BCUT2D eigenvalue weighted by molar-refractivity contribution is -0.158. The highest BCUT2D eigenvalue weighted by Gasteiger charge is 2.29. The Bertz CT molecular complexity index is 728. The lowest BCUT2D eigenvalue weighted by Crippen LogP contribution is -2.23. The van der Waals surface area contributed by atoms with Gasteiger partial charge in [0.05, 0.1) is 21.7 Å². The molecule has 0 radical (unpaired) electrons. The Morgan fingerprint density at radius 2 is 1.73 bits per heavy atom. The van der Waals surface area contributed by atoms with Crippen molar-refractivity contribution in [2.45, 2.75) is 34.1 Å². The molecule has 144 valence electrons. The maximum atomic E-state index is 12.4. The smallest absolute Gasteiger partial charge is 0.422 e. The first kappa shape index (κ1) is 22.5. The molecule has 0 heterocycles. The summed E-state index contributed by atoms with van der Waals surface area (Å²) in [5.41, 5.74) is -0.476. The van der Waals surface area contributed by atoms with Crippen LogP contribution < -0.4 is 4.74 Å². The normalized spacial score (nSPS) is 11.4. The molecule has 0 amide bonds. The van der Waals surface area contributed by atoms with Gasteiger partial charge in [-0.3, -0.25) is 0 Å². The topological polar surface area (TPSA) is 89.9 Å². The van der Waals surface area contributed by atoms with Crippen molar-refractivity contribution >= 4 is 52.7 Å². The van der Waals surface area contributed by atoms with Gasteiger partial charge < -0.3 is 14.6 Å². The number of esters is 2. The van der Waals surface area contributed by atoms with Crippen LogP contribution in [0.25, 0.3) is 0 Å². The van der Waals surface area contributed by atoms with E-state index in [4.69, 9.17) is 44.6 Å². The van der Waals surface area contributed by atoms with Crippen LogP contribution in [0.4, 0.5) is 0 Å². The molecule has 0 bridgehead atoms. The van der Waals surface area contributed by atoms with Gasteiger partial charge >= 0.3 is 17.9 Å². The van der Waals surface area contributed by atoms with Gasteiger partial charge in [0.15, 0.2) is 5.75 Å². The van der Waals surface area contributed by atoms with Gasteiger partial charge in [-0.1, -0.05) is 62.5 Å². The largest absolute Gasteiger partial charge is 0.473 e. The van der Waals surface area contributed by atoms with Crippen molar-refractivity contribution < 1.29 is 29.0 Å². The zero-order chi connectivity index (χ0) is 20.2. The summed E-state index contributed by atoms with van der Waals surface area (Å²) in [6.07, 6.45) is 0.576. The first-order valence-corrected chi connectivity index (χ1v) is 8.81. The van der Waals surface area contributed by atoms with Crippen molar-refractivity contribution in [3.63, 3.8) is 0 Å². The first-order valence-electron chi connectivity index (χ1n) is 7.68. The Morgan fingerprint density at radius 3 is 2.23 bits per heavy atom. The highest BCUT2D eigenvalue weighted by Crippen LogP contribution is 2.40. The summed E-state index contributed by atoms with van der Waals surface area (Å²) < 4.78 is 9.87. The third-order valence-corrected chi connectivity index (χ3v) is 5.31. The molecule has 0 saturated heterocycles. The van der Waals surface area contributed by atoms with E-state index in [0.29, 0.717) is 12.3 Å². The number of carboxylic acid groups (broad SMARTS) is 1. The van der Waals surface area contributed by atoms with Gasteiger partial charge in [-0.05, 0) is 23.8 Å². The van der Waals surface area contributed by atoms with E-state index in [0.717, 1.165) is 6.07 Å². The van der Waals surface area contributed by atoms with Crippen LogP contribution in [0.1, 0.15) is 44.5 Å². The molecule has 1 N–H and O–H groups in total. The van der Waals surface area contributed by atoms with Crippen molar-refractivity contribution in [1.29, 1.82) is 0 Å². The van der Waals surface area contributed by atoms with Crippen molar-refractivity contribution in [3.8, 4) is 5.75 Å². The Balaban J connectivity index is 3.11. The molecule has 6 nitrogen and oxygen atoms in total. The molecule has 26 heavy (non-hydrogen) atoms. The number of rotatable bonds is 6. The minimum atomic E-state index is -1.86. The minimum Gasteiger partial charge on any atom is -0.473 e. The number of hydrogen-bond donors (Lipinski definition) is 1. The predicted octanol–water partition coefficient (Wildman–Crippen LogP) is 4.87. The number of ether oxygens (including phenoxy) is 2. The molecular weight excluding hydrogens is 407 g/mol. The molecule has 1 aromatic carbocycles. The van der Waals surface area contributed by atoms with E-state index in [9.17, 15) is 14.4 Å². The monoisotopic (exact) mass is 424 g/mol. The zero-order valence-electron chi connectivity index (χ0n) is 14.7. The quantitative estimate of drug-likeness (QED) is 0.303. The maximum absolute atomic E-state index is 12.4. The molecule has 0 aliphatic heterocycles. The molecule has 0 saturated carbocycles. The molecular formula is C17H19Cl3O6. The molecule has 0 atom stereocenters. The summed E-state index contributed by atoms with van der Waals surface area (Å²) in [5, 5.41) is 8.11. The van der Waals surface area contributed by atoms with Crippen molar-refractivity contribution in [2.75, 3.05) is 6.61 Å². The summed E-state index contributed by atoms with van der Waals surface area (Å²) >= 11 is 17.8. The van der Waals surface area contributed by atoms with Gasteiger partial charge in [-0.2, -0.15) is 0 Å². The second-order valence-electron chi connectivity index (χ2n) is 6.58. The van der Waals surface area contributed by atoms with Gasteiger partial charge in [0.2, 0.25) is 0 Å². The zero-order valence-corrected chi connectivity index (χ0v) is 17.0. The van der Waals surface area contributed by atoms with E-state index in [1.54, 1.807) is 0 Å². The van der Waals surface area contributed by atoms with Crippen molar-refractivity contribution in [2.24, 2.45) is 11.3 Å². The maximum Gasteiger partial charge on any atom is 0.422 e. The number of halogens is 3. The summed E-state index contributed by atoms with van der Waals surface area (Å²) in [7, 11) is 0. The second kappa shape index (κ2) is 8.93. The fourth-order valence-corrected chi connectivity index (χ4v) is 2.48. The van der Waals surface area contributed by atoms with Gasteiger partial charge in [0.25, 0.3) is 0 Å². The fraction of sp³-hybridized carbons (Fsp3) is 0.471. The summed E-state index contributed by atoms with van der Waals surface area (Å²) in [6, 6.07) is 1.13. The Morgan fingerprint density at radius 1 is 1.15 bits per heavy atom. The van der Waals surface area contributed by atoms with Gasteiger partial charge in [-0.15, -0.1) is 0 Å². The average molecular weight is 426 g/mol. The Hall–Kier alpha value is -1.50. The van der Waals surface area contributed by atoms with Gasteiger partial charge in [0, 0.05) is 0 Å². The van der Waals surface area contributed by atoms with Crippen LogP contribution in [-0.2, 0) is 14.3 Å². The van der Waals surface area contributed by atoms with Crippen molar-refractivity contribution in [1.82, 2.24) is 0 Å². The van der Waals surface area contributed by atoms with Crippen LogP contribution >= 0.6 is 34.8 Å². The van der Waals surface area contributed by atoms with Crippen LogP contribution in [0, 0.1) is 11.3 Å². The predicted molar refractivity (Wildman–Crippen MR) is 98.3 cm³/mol. The molecule has 0 aliphatic carbocycles. The van der Waals surface area contributed by atoms with E-state index < -0.39 is 29.2 Å². The molecule has 0 unspecified atom stereocenters. The number of benzene rings is 1. The lowest BCUT2D eigenvalue weighted by atomic mass is 9.79. The number of carboxylic acids is 1. The third kappa shape index (κ3) is 5.50. The Labute approximate surface area is 166 Å². The van der Waals surface area contributed by atoms with E-state index in [1.807, 2.05) is 13.8 Å². The minimum absolute atomic E-state index is 0.0683. The highest BCUT2D eigenvalue weighted by molar-refractivity contribution is 6.46. The SMILES string of the molecule is CC(C)C(C)(C)CCOC(=O)c1c(Cl)c(Cl)cc(Cl)c1OC(=O)C(=O)O. The van der Waals surface area contributed by atoms with Crippen molar-refractivity contribution in [3.05, 3.63) is 26.7 Å². The summed E-state index contributed by atoms with van der Waals surface area (Å²) in [4.78, 5) is 34.5. The molecule has 0 aromatic heterocycles. The van der Waals surface area contributed by atoms with Crippen LogP contribution in [-0.4, -0.2) is 29.6 Å². The molecule has 0 aliphatic rings. The number of carbonyl (C=O) groups excluding carboxylic acids is 2. The summed E-state index contributed by atoms with van der Waals surface area (Å²) in [5.74, 6) is -4.56. The first-order chi connectivity index (χ1) is 11.9. The van der Waals surface area contributed by atoms with Gasteiger partial charge in [0.1, 0.15) is 5.56 Å². The number of aliphatic carboxylic acids is 1. The van der Waals surface area contributed by atoms with Gasteiger partial charge in [-0.25, -0.2) is 14.4 Å². The van der Waals surface area contributed by atoms with Crippen LogP contribution in [0.3, 0.4) is 0 Å². The van der Waals surface area contributed by atoms with Crippen LogP contribution in [0.5, 0.6) is 5.75 Å². The molecule has 9 heteroatoms. The molecule has 0 fully saturated rings. The number of hydrogen-bond acceptors (Lipinski definition) is 5. The van der Waals surface area contributed by atoms with E-state index in [2.05, 4.69) is 18.6 Å². The average Bonchev–Trinajstić information content (AvgIpc) is 2.51. The summed E-state index contributed by atoms with van der Waals surface area (Å²) in [6.45, 7) is 8.26. The lowest BCUT2D eigenvalue weighted by Gasteiger charge is -2.28. The fourth-order valence-electron chi connectivity index (χ4n) is 1.76. The Kier molecular flexibility index (Phi) is 7.74. The van der Waals surface area contributed by atoms with E-state index >= 15 is 0 Å². The number of carbonyl (C=O) groups is 3. The second-order valence-corrected chi connectivity index (χ2v) is 7.77. The van der Waals surface area contributed by atoms with E-state index in [1.165, 1.54) is 0 Å². The standard InChI is InChI=1S/C17H19Cl3O6/c1-8(2)17(3,4)5-6-25-15(23)11-12(20)9(18)7-10(19)13(11)26-16(24)14(21)22/h7-8H,5-6H2,1-4H3,(H,21,22). The van der Waals surface area contributed by atoms with Crippen LogP contribution in [0.2, 0.25) is 15.1 Å². The molecule has 0 spiro atoms. The van der Waals surface area contributed by atoms with Crippen LogP contribution in [0.15, 0.2) is 6.07 Å². The third-order valence-electron chi connectivity index (χ3n) is 4.24.